The van der Waals surface area contributed by atoms with Gasteiger partial charge in [0.05, 0.1) is 21.2 Å². The summed E-state index contributed by atoms with van der Waals surface area (Å²) in [6, 6.07) is 14.6. The number of sulfonamides is 1. The topological polar surface area (TPSA) is 86.8 Å². The lowest BCUT2D eigenvalue weighted by molar-refractivity contribution is -0.140. The maximum Gasteiger partial charge on any atom is 0.417 e. The number of nitrogens with zero attached hydrogens (tertiary/aromatic N) is 2. The minimum Gasteiger partial charge on any atom is -0.352 e. The molecule has 44 heavy (non-hydrogen) atoms. The maximum absolute atomic E-state index is 14.1. The summed E-state index contributed by atoms with van der Waals surface area (Å²) in [5.74, 6) is -1.18. The smallest absolute Gasteiger partial charge is 0.352 e. The van der Waals surface area contributed by atoms with Crippen LogP contribution in [-0.4, -0.2) is 43.8 Å². The molecular weight excluding hydrogens is 615 g/mol. The number of carbonyl (C=O) groups excluding carboxylic acids is 2. The minimum atomic E-state index is -4.88. The molecule has 0 spiro atoms. The van der Waals surface area contributed by atoms with E-state index in [4.69, 9.17) is 11.6 Å². The summed E-state index contributed by atoms with van der Waals surface area (Å²) >= 11 is 5.83. The van der Waals surface area contributed by atoms with Gasteiger partial charge in [-0.1, -0.05) is 73.0 Å². The van der Waals surface area contributed by atoms with E-state index in [2.05, 4.69) is 5.32 Å². The van der Waals surface area contributed by atoms with Gasteiger partial charge in [-0.25, -0.2) is 8.42 Å². The lowest BCUT2D eigenvalue weighted by atomic mass is 10.1. The van der Waals surface area contributed by atoms with E-state index in [1.54, 1.807) is 38.1 Å². The van der Waals surface area contributed by atoms with Crippen LogP contribution in [0.1, 0.15) is 55.9 Å². The molecule has 2 atom stereocenters. The third kappa shape index (κ3) is 8.53. The first kappa shape index (κ1) is 34.9. The zero-order valence-electron chi connectivity index (χ0n) is 25.3. The molecule has 238 valence electrons. The third-order valence-electron chi connectivity index (χ3n) is 7.25. The van der Waals surface area contributed by atoms with Crippen molar-refractivity contribution >= 4 is 39.1 Å². The molecule has 0 fully saturated rings. The van der Waals surface area contributed by atoms with Crippen LogP contribution >= 0.6 is 11.6 Å². The second kappa shape index (κ2) is 14.5. The summed E-state index contributed by atoms with van der Waals surface area (Å²) in [5.41, 5.74) is 0.732. The van der Waals surface area contributed by atoms with Gasteiger partial charge in [0, 0.05) is 12.6 Å². The highest BCUT2D eigenvalue weighted by Gasteiger charge is 2.37. The van der Waals surface area contributed by atoms with E-state index in [1.807, 2.05) is 32.9 Å². The number of carbonyl (C=O) groups is 2. The van der Waals surface area contributed by atoms with Gasteiger partial charge in [-0.15, -0.1) is 0 Å². The monoisotopic (exact) mass is 651 g/mol. The van der Waals surface area contributed by atoms with Crippen molar-refractivity contribution in [2.45, 2.75) is 77.2 Å². The van der Waals surface area contributed by atoms with E-state index in [9.17, 15) is 31.2 Å². The molecule has 0 radical (unpaired) electrons. The summed E-state index contributed by atoms with van der Waals surface area (Å²) in [4.78, 5) is 28.6. The Labute approximate surface area is 262 Å². The number of amides is 2. The number of aryl methyl sites for hydroxylation is 2. The fraction of sp³-hybridized carbons (Fsp3) is 0.375. The summed E-state index contributed by atoms with van der Waals surface area (Å²) in [7, 11) is -4.55. The van der Waals surface area contributed by atoms with Gasteiger partial charge in [0.2, 0.25) is 11.8 Å². The molecule has 0 saturated heterocycles. The van der Waals surface area contributed by atoms with Crippen LogP contribution < -0.4 is 9.62 Å². The van der Waals surface area contributed by atoms with Crippen LogP contribution in [0.3, 0.4) is 0 Å². The van der Waals surface area contributed by atoms with Crippen molar-refractivity contribution in [3.8, 4) is 0 Å². The molecule has 0 aliphatic rings. The molecule has 3 aromatic rings. The Morgan fingerprint density at radius 2 is 1.59 bits per heavy atom. The number of hydrogen-bond acceptors (Lipinski definition) is 4. The average molecular weight is 652 g/mol. The molecule has 0 aliphatic carbocycles. The summed E-state index contributed by atoms with van der Waals surface area (Å²) in [6.45, 7) is 8.19. The first-order valence-electron chi connectivity index (χ1n) is 14.2. The number of hydrogen-bond donors (Lipinski definition) is 1. The van der Waals surface area contributed by atoms with Gasteiger partial charge < -0.3 is 10.2 Å². The molecular formula is C32H37ClF3N3O4S. The molecule has 2 amide bonds. The number of alkyl halides is 3. The van der Waals surface area contributed by atoms with Gasteiger partial charge >= 0.3 is 6.18 Å². The largest absolute Gasteiger partial charge is 0.417 e. The normalized spacial score (nSPS) is 13.2. The molecule has 7 nitrogen and oxygen atoms in total. The minimum absolute atomic E-state index is 0.0280. The lowest BCUT2D eigenvalue weighted by Gasteiger charge is -2.34. The number of halogens is 4. The quantitative estimate of drug-likeness (QED) is 0.231. The zero-order chi connectivity index (χ0) is 32.8. The fourth-order valence-electron chi connectivity index (χ4n) is 4.62. The Morgan fingerprint density at radius 3 is 2.16 bits per heavy atom. The van der Waals surface area contributed by atoms with E-state index in [1.165, 1.54) is 17.0 Å². The second-order valence-corrected chi connectivity index (χ2v) is 13.0. The van der Waals surface area contributed by atoms with Crippen molar-refractivity contribution < 1.29 is 31.2 Å². The van der Waals surface area contributed by atoms with Crippen molar-refractivity contribution in [1.29, 1.82) is 0 Å². The third-order valence-corrected chi connectivity index (χ3v) is 9.37. The van der Waals surface area contributed by atoms with Crippen LogP contribution in [0.5, 0.6) is 0 Å². The molecule has 0 aromatic heterocycles. The van der Waals surface area contributed by atoms with Crippen molar-refractivity contribution in [1.82, 2.24) is 10.2 Å². The van der Waals surface area contributed by atoms with Crippen LogP contribution in [0, 0.1) is 13.8 Å². The van der Waals surface area contributed by atoms with Gasteiger partial charge in [-0.2, -0.15) is 13.2 Å². The highest BCUT2D eigenvalue weighted by molar-refractivity contribution is 7.92. The number of anilines is 1. The van der Waals surface area contributed by atoms with Gasteiger partial charge in [0.1, 0.15) is 12.6 Å². The lowest BCUT2D eigenvalue weighted by Crippen LogP contribution is -2.53. The molecule has 0 saturated carbocycles. The first-order valence-corrected chi connectivity index (χ1v) is 16.0. The van der Waals surface area contributed by atoms with Crippen LogP contribution in [0.2, 0.25) is 5.02 Å². The molecule has 3 aromatic carbocycles. The van der Waals surface area contributed by atoms with Gasteiger partial charge in [-0.3, -0.25) is 13.9 Å². The molecule has 12 heteroatoms. The predicted octanol–water partition coefficient (Wildman–Crippen LogP) is 6.89. The Balaban J connectivity index is 2.15. The number of benzene rings is 3. The SMILES string of the molecule is CCC(C)NC(=O)C(CC)N(Cc1cccc(C)c1)C(=O)CN(c1ccc(Cl)c(C(F)(F)F)c1)S(=O)(=O)c1ccc(C)cc1. The van der Waals surface area contributed by atoms with Crippen LogP contribution in [-0.2, 0) is 32.3 Å². The first-order chi connectivity index (χ1) is 20.6. The van der Waals surface area contributed by atoms with Crippen LogP contribution in [0.15, 0.2) is 71.6 Å². The van der Waals surface area contributed by atoms with Gasteiger partial charge in [-0.05, 0) is 69.5 Å². The highest BCUT2D eigenvalue weighted by atomic mass is 35.5. The fourth-order valence-corrected chi connectivity index (χ4v) is 6.25. The number of nitrogens with one attached hydrogen (secondary N) is 1. The van der Waals surface area contributed by atoms with Gasteiger partial charge in [0.25, 0.3) is 10.0 Å². The standard InChI is InChI=1S/C32H37ClF3N3O4S/c1-6-23(5)37-31(41)29(7-2)38(19-24-10-8-9-22(4)17-24)30(40)20-39(44(42,43)26-14-11-21(3)12-15-26)25-13-16-28(33)27(18-25)32(34,35)36/h8-18,23,29H,6-7,19-20H2,1-5H3,(H,37,41). The van der Waals surface area contributed by atoms with Crippen molar-refractivity contribution in [2.24, 2.45) is 0 Å². The van der Waals surface area contributed by atoms with E-state index >= 15 is 0 Å². The summed E-state index contributed by atoms with van der Waals surface area (Å²) < 4.78 is 70.0. The maximum atomic E-state index is 14.1. The molecule has 0 aliphatic heterocycles. The summed E-state index contributed by atoms with van der Waals surface area (Å²) in [6.07, 6.45) is -4.02. The highest BCUT2D eigenvalue weighted by Crippen LogP contribution is 2.38. The Morgan fingerprint density at radius 1 is 0.932 bits per heavy atom. The van der Waals surface area contributed by atoms with Crippen molar-refractivity contribution in [3.05, 3.63) is 94.0 Å². The zero-order valence-corrected chi connectivity index (χ0v) is 26.9. The van der Waals surface area contributed by atoms with E-state index in [0.717, 1.165) is 23.3 Å². The van der Waals surface area contributed by atoms with Crippen molar-refractivity contribution in [2.75, 3.05) is 10.8 Å². The van der Waals surface area contributed by atoms with E-state index in [0.29, 0.717) is 22.4 Å². The summed E-state index contributed by atoms with van der Waals surface area (Å²) in [5, 5.41) is 2.27. The molecule has 3 rings (SSSR count). The Hall–Kier alpha value is -3.57. The predicted molar refractivity (Wildman–Crippen MR) is 166 cm³/mol. The molecule has 0 bridgehead atoms. The van der Waals surface area contributed by atoms with E-state index < -0.39 is 56.9 Å². The number of rotatable bonds is 12. The van der Waals surface area contributed by atoms with Crippen molar-refractivity contribution in [3.63, 3.8) is 0 Å². The second-order valence-electron chi connectivity index (χ2n) is 10.7. The van der Waals surface area contributed by atoms with Crippen LogP contribution in [0.4, 0.5) is 18.9 Å². The molecule has 2 unspecified atom stereocenters. The van der Waals surface area contributed by atoms with Crippen LogP contribution in [0.25, 0.3) is 0 Å². The molecule has 0 heterocycles. The average Bonchev–Trinajstić information content (AvgIpc) is 2.95. The van der Waals surface area contributed by atoms with Gasteiger partial charge in [0.15, 0.2) is 0 Å². The van der Waals surface area contributed by atoms with E-state index in [-0.39, 0.29) is 23.9 Å². The Kier molecular flexibility index (Phi) is 11.5. The molecule has 1 N–H and O–H groups in total. The Bertz CT molecular complexity index is 1580.